The van der Waals surface area contributed by atoms with Gasteiger partial charge in [-0.2, -0.15) is 0 Å². The smallest absolute Gasteiger partial charge is 0.251 e. The summed E-state index contributed by atoms with van der Waals surface area (Å²) in [6, 6.07) is 6.59. The zero-order valence-corrected chi connectivity index (χ0v) is 8.75. The molecule has 0 unspecified atom stereocenters. The number of hydrogen-bond donors (Lipinski definition) is 1. The molecule has 2 nitrogen and oxygen atoms in total. The highest BCUT2D eigenvalue weighted by Gasteiger charge is 2.24. The average Bonchev–Trinajstić information content (AvgIpc) is 2.94. The molecule has 3 rings (SSSR count). The summed E-state index contributed by atoms with van der Waals surface area (Å²) in [6.07, 6.45) is 5.86. The van der Waals surface area contributed by atoms with Crippen molar-refractivity contribution < 1.29 is 4.79 Å². The van der Waals surface area contributed by atoms with Gasteiger partial charge in [0.1, 0.15) is 0 Å². The van der Waals surface area contributed by atoms with Crippen molar-refractivity contribution in [2.45, 2.75) is 38.1 Å². The van der Waals surface area contributed by atoms with E-state index in [1.54, 1.807) is 0 Å². The maximum Gasteiger partial charge on any atom is 0.251 e. The second-order valence-electron chi connectivity index (χ2n) is 4.58. The molecule has 15 heavy (non-hydrogen) atoms. The molecule has 1 saturated carbocycles. The normalized spacial score (nSPS) is 18.7. The Morgan fingerprint density at radius 2 is 2.00 bits per heavy atom. The Morgan fingerprint density at radius 1 is 1.20 bits per heavy atom. The van der Waals surface area contributed by atoms with Crippen molar-refractivity contribution >= 4 is 5.91 Å². The number of hydrogen-bond acceptors (Lipinski definition) is 1. The number of aryl methyl sites for hydroxylation is 2. The fraction of sp³-hybridized carbons (Fsp3) is 0.462. The van der Waals surface area contributed by atoms with Crippen LogP contribution in [0, 0.1) is 0 Å². The molecule has 2 aliphatic carbocycles. The number of fused-ring (bicyclic) bond motifs is 1. The fourth-order valence-corrected chi connectivity index (χ4v) is 2.21. The summed E-state index contributed by atoms with van der Waals surface area (Å²) in [5.41, 5.74) is 3.64. The molecule has 78 valence electrons. The van der Waals surface area contributed by atoms with E-state index in [1.165, 1.54) is 24.0 Å². The van der Waals surface area contributed by atoms with Crippen molar-refractivity contribution in [3.05, 3.63) is 34.9 Å². The third-order valence-electron chi connectivity index (χ3n) is 3.27. The topological polar surface area (TPSA) is 29.1 Å². The Balaban J connectivity index is 1.82. The van der Waals surface area contributed by atoms with E-state index in [9.17, 15) is 4.79 Å². The van der Waals surface area contributed by atoms with Crippen LogP contribution >= 0.6 is 0 Å². The van der Waals surface area contributed by atoms with Crippen LogP contribution < -0.4 is 5.32 Å². The lowest BCUT2D eigenvalue weighted by molar-refractivity contribution is 0.0951. The standard InChI is InChI=1S/C13H15NO/c15-13(14-12-6-7-12)11-5-4-9-2-1-3-10(9)8-11/h4-5,8,12H,1-3,6-7H2,(H,14,15). The van der Waals surface area contributed by atoms with Gasteiger partial charge < -0.3 is 5.32 Å². The van der Waals surface area contributed by atoms with Gasteiger partial charge in [-0.1, -0.05) is 6.07 Å². The Kier molecular flexibility index (Phi) is 2.01. The van der Waals surface area contributed by atoms with Gasteiger partial charge in [0.2, 0.25) is 0 Å². The van der Waals surface area contributed by atoms with Gasteiger partial charge in [0.05, 0.1) is 0 Å². The number of carbonyl (C=O) groups excluding carboxylic acids is 1. The van der Waals surface area contributed by atoms with Gasteiger partial charge in [0.25, 0.3) is 5.91 Å². The summed E-state index contributed by atoms with van der Waals surface area (Å²) < 4.78 is 0. The van der Waals surface area contributed by atoms with E-state index in [0.29, 0.717) is 6.04 Å². The quantitative estimate of drug-likeness (QED) is 0.779. The van der Waals surface area contributed by atoms with Crippen molar-refractivity contribution in [1.29, 1.82) is 0 Å². The van der Waals surface area contributed by atoms with Gasteiger partial charge in [-0.15, -0.1) is 0 Å². The molecule has 0 aliphatic heterocycles. The lowest BCUT2D eigenvalue weighted by Gasteiger charge is -2.05. The van der Waals surface area contributed by atoms with Crippen molar-refractivity contribution in [2.75, 3.05) is 0 Å². The molecular formula is C13H15NO. The Hall–Kier alpha value is -1.31. The fourth-order valence-electron chi connectivity index (χ4n) is 2.21. The maximum atomic E-state index is 11.8. The van der Waals surface area contributed by atoms with Crippen LogP contribution in [0.5, 0.6) is 0 Å². The molecule has 0 spiro atoms. The number of rotatable bonds is 2. The zero-order chi connectivity index (χ0) is 10.3. The Labute approximate surface area is 89.7 Å². The van der Waals surface area contributed by atoms with Gasteiger partial charge in [-0.05, 0) is 55.4 Å². The Morgan fingerprint density at radius 3 is 2.80 bits per heavy atom. The molecule has 0 bridgehead atoms. The lowest BCUT2D eigenvalue weighted by atomic mass is 10.1. The van der Waals surface area contributed by atoms with Crippen LogP contribution in [0.25, 0.3) is 0 Å². The monoisotopic (exact) mass is 201 g/mol. The van der Waals surface area contributed by atoms with E-state index in [0.717, 1.165) is 24.8 Å². The van der Waals surface area contributed by atoms with E-state index >= 15 is 0 Å². The second kappa shape index (κ2) is 3.37. The van der Waals surface area contributed by atoms with E-state index in [1.807, 2.05) is 6.07 Å². The van der Waals surface area contributed by atoms with Crippen LogP contribution in [-0.4, -0.2) is 11.9 Å². The SMILES string of the molecule is O=C(NC1CC1)c1ccc2c(c1)CCC2. The van der Waals surface area contributed by atoms with Gasteiger partial charge in [-0.3, -0.25) is 4.79 Å². The van der Waals surface area contributed by atoms with Crippen LogP contribution in [0.4, 0.5) is 0 Å². The molecule has 0 saturated heterocycles. The summed E-state index contributed by atoms with van der Waals surface area (Å²) >= 11 is 0. The molecular weight excluding hydrogens is 186 g/mol. The first-order valence-corrected chi connectivity index (χ1v) is 5.75. The third-order valence-corrected chi connectivity index (χ3v) is 3.27. The largest absolute Gasteiger partial charge is 0.349 e. The zero-order valence-electron chi connectivity index (χ0n) is 8.75. The average molecular weight is 201 g/mol. The number of benzene rings is 1. The summed E-state index contributed by atoms with van der Waals surface area (Å²) in [6.45, 7) is 0. The Bertz CT molecular complexity index is 407. The molecule has 2 aliphatic rings. The van der Waals surface area contributed by atoms with Gasteiger partial charge >= 0.3 is 0 Å². The van der Waals surface area contributed by atoms with E-state index in [4.69, 9.17) is 0 Å². The summed E-state index contributed by atoms with van der Waals surface area (Å²) in [7, 11) is 0. The first kappa shape index (κ1) is 8.96. The van der Waals surface area contributed by atoms with Crippen molar-refractivity contribution in [3.8, 4) is 0 Å². The maximum absolute atomic E-state index is 11.8. The molecule has 0 radical (unpaired) electrons. The predicted octanol–water partition coefficient (Wildman–Crippen LogP) is 2.07. The van der Waals surface area contributed by atoms with Gasteiger partial charge in [-0.25, -0.2) is 0 Å². The predicted molar refractivity (Wildman–Crippen MR) is 59.0 cm³/mol. The first-order chi connectivity index (χ1) is 7.33. The molecule has 1 fully saturated rings. The third kappa shape index (κ3) is 1.76. The molecule has 1 amide bonds. The minimum Gasteiger partial charge on any atom is -0.349 e. The van der Waals surface area contributed by atoms with E-state index < -0.39 is 0 Å². The highest BCUT2D eigenvalue weighted by molar-refractivity contribution is 5.94. The van der Waals surface area contributed by atoms with Crippen molar-refractivity contribution in [3.63, 3.8) is 0 Å². The van der Waals surface area contributed by atoms with Crippen LogP contribution in [0.1, 0.15) is 40.7 Å². The van der Waals surface area contributed by atoms with Crippen LogP contribution in [0.3, 0.4) is 0 Å². The molecule has 2 heteroatoms. The molecule has 0 aromatic heterocycles. The summed E-state index contributed by atoms with van der Waals surface area (Å²) in [4.78, 5) is 11.8. The highest BCUT2D eigenvalue weighted by atomic mass is 16.1. The van der Waals surface area contributed by atoms with Crippen LogP contribution in [0.15, 0.2) is 18.2 Å². The van der Waals surface area contributed by atoms with E-state index in [-0.39, 0.29) is 5.91 Å². The number of nitrogens with one attached hydrogen (secondary N) is 1. The van der Waals surface area contributed by atoms with Crippen LogP contribution in [0.2, 0.25) is 0 Å². The molecule has 0 heterocycles. The number of amides is 1. The molecule has 0 atom stereocenters. The highest BCUT2D eigenvalue weighted by Crippen LogP contribution is 2.24. The van der Waals surface area contributed by atoms with Crippen molar-refractivity contribution in [2.24, 2.45) is 0 Å². The minimum atomic E-state index is 0.104. The van der Waals surface area contributed by atoms with Crippen LogP contribution in [-0.2, 0) is 12.8 Å². The van der Waals surface area contributed by atoms with Crippen molar-refractivity contribution in [1.82, 2.24) is 5.32 Å². The molecule has 1 aromatic carbocycles. The number of carbonyl (C=O) groups is 1. The molecule has 1 aromatic rings. The first-order valence-electron chi connectivity index (χ1n) is 5.75. The van der Waals surface area contributed by atoms with E-state index in [2.05, 4.69) is 17.4 Å². The summed E-state index contributed by atoms with van der Waals surface area (Å²) in [5.74, 6) is 0.104. The summed E-state index contributed by atoms with van der Waals surface area (Å²) in [5, 5.41) is 3.02. The van der Waals surface area contributed by atoms with Gasteiger partial charge in [0.15, 0.2) is 0 Å². The minimum absolute atomic E-state index is 0.104. The lowest BCUT2D eigenvalue weighted by Crippen LogP contribution is -2.25. The van der Waals surface area contributed by atoms with Gasteiger partial charge in [0, 0.05) is 11.6 Å². The second-order valence-corrected chi connectivity index (χ2v) is 4.58. The molecule has 1 N–H and O–H groups in total.